The van der Waals surface area contributed by atoms with E-state index in [1.807, 2.05) is 4.90 Å². The highest BCUT2D eigenvalue weighted by molar-refractivity contribution is 5.73. The maximum absolute atomic E-state index is 10.7. The van der Waals surface area contributed by atoms with Crippen LogP contribution in [-0.4, -0.2) is 29.7 Å². The van der Waals surface area contributed by atoms with Crippen molar-refractivity contribution in [3.63, 3.8) is 0 Å². The molecule has 0 radical (unpaired) electrons. The van der Waals surface area contributed by atoms with E-state index in [2.05, 4.69) is 0 Å². The molecule has 0 aromatic carbocycles. The number of rotatable bonds is 0. The molecule has 76 valence electrons. The monoisotopic (exact) mass is 185 g/mol. The van der Waals surface area contributed by atoms with Crippen LogP contribution < -0.4 is 0 Å². The molecule has 13 heavy (non-hydrogen) atoms. The van der Waals surface area contributed by atoms with E-state index in [0.29, 0.717) is 0 Å². The Morgan fingerprint density at radius 1 is 0.923 bits per heavy atom. The minimum Gasteiger partial charge on any atom is -0.343 e. The Hall–Kier alpha value is -0.860. The first-order valence-electron chi connectivity index (χ1n) is 4.76. The Labute approximate surface area is 80.1 Å². The van der Waals surface area contributed by atoms with Crippen LogP contribution in [0.5, 0.6) is 0 Å². The number of likely N-dealkylation sites (tertiary alicyclic amines) is 1. The summed E-state index contributed by atoms with van der Waals surface area (Å²) in [5.74, 6) is 0.398. The van der Waals surface area contributed by atoms with E-state index in [4.69, 9.17) is 0 Å². The van der Waals surface area contributed by atoms with E-state index in [1.165, 1.54) is 33.1 Å². The van der Waals surface area contributed by atoms with Crippen molar-refractivity contribution in [2.45, 2.75) is 40.0 Å². The lowest BCUT2D eigenvalue weighted by atomic mass is 10.1. The quantitative estimate of drug-likeness (QED) is 0.575. The van der Waals surface area contributed by atoms with E-state index in [0.717, 1.165) is 13.1 Å². The van der Waals surface area contributed by atoms with Crippen molar-refractivity contribution in [3.8, 4) is 0 Å². The second-order valence-corrected chi connectivity index (χ2v) is 3.47. The maximum atomic E-state index is 10.7. The summed E-state index contributed by atoms with van der Waals surface area (Å²) in [6, 6.07) is 0. The van der Waals surface area contributed by atoms with E-state index in [-0.39, 0.29) is 11.7 Å². The number of amides is 1. The zero-order chi connectivity index (χ0) is 10.3. The molecule has 0 spiro atoms. The summed E-state index contributed by atoms with van der Waals surface area (Å²) in [6.45, 7) is 6.66. The average Bonchev–Trinajstić information content (AvgIpc) is 2.05. The molecule has 0 unspecified atom stereocenters. The summed E-state index contributed by atoms with van der Waals surface area (Å²) >= 11 is 0. The Morgan fingerprint density at radius 3 is 1.54 bits per heavy atom. The van der Waals surface area contributed by atoms with Gasteiger partial charge in [-0.05, 0) is 33.1 Å². The first kappa shape index (κ1) is 12.1. The summed E-state index contributed by atoms with van der Waals surface area (Å²) in [7, 11) is 0. The van der Waals surface area contributed by atoms with Crippen LogP contribution in [0.1, 0.15) is 40.0 Å². The number of Topliss-reactive ketones (excluding diaryl/α,β-unsaturated/α-hetero) is 1. The van der Waals surface area contributed by atoms with Gasteiger partial charge in [0.25, 0.3) is 0 Å². The molecule has 1 heterocycles. The van der Waals surface area contributed by atoms with Crippen molar-refractivity contribution in [1.82, 2.24) is 4.90 Å². The van der Waals surface area contributed by atoms with Crippen molar-refractivity contribution in [1.29, 1.82) is 0 Å². The molecule has 0 saturated carbocycles. The van der Waals surface area contributed by atoms with Gasteiger partial charge >= 0.3 is 0 Å². The van der Waals surface area contributed by atoms with Gasteiger partial charge in [0.2, 0.25) is 5.91 Å². The smallest absolute Gasteiger partial charge is 0.219 e. The van der Waals surface area contributed by atoms with E-state index in [9.17, 15) is 9.59 Å². The fourth-order valence-corrected chi connectivity index (χ4v) is 1.21. The Bertz CT molecular complexity index is 168. The molecule has 1 rings (SSSR count). The predicted octanol–water partition coefficient (Wildman–Crippen LogP) is 1.61. The molecule has 0 atom stereocenters. The highest BCUT2D eigenvalue weighted by atomic mass is 16.2. The first-order valence-corrected chi connectivity index (χ1v) is 4.76. The Balaban J connectivity index is 0.000000310. The second kappa shape index (κ2) is 6.63. The summed E-state index contributed by atoms with van der Waals surface area (Å²) in [6.07, 6.45) is 3.68. The Morgan fingerprint density at radius 2 is 1.31 bits per heavy atom. The molecular formula is C10H19NO2. The number of carbonyl (C=O) groups is 2. The van der Waals surface area contributed by atoms with Crippen LogP contribution in [0.2, 0.25) is 0 Å². The molecule has 0 N–H and O–H groups in total. The van der Waals surface area contributed by atoms with Gasteiger partial charge in [-0.1, -0.05) is 0 Å². The van der Waals surface area contributed by atoms with Gasteiger partial charge < -0.3 is 9.69 Å². The Kier molecular flexibility index (Phi) is 6.20. The zero-order valence-corrected chi connectivity index (χ0v) is 8.80. The molecule has 1 amide bonds. The molecule has 1 saturated heterocycles. The highest BCUT2D eigenvalue weighted by Crippen LogP contribution is 2.07. The van der Waals surface area contributed by atoms with E-state index < -0.39 is 0 Å². The van der Waals surface area contributed by atoms with Crippen LogP contribution in [0.15, 0.2) is 0 Å². The molecule has 1 fully saturated rings. The highest BCUT2D eigenvalue weighted by Gasteiger charge is 2.10. The fraction of sp³-hybridized carbons (Fsp3) is 0.800. The lowest BCUT2D eigenvalue weighted by molar-refractivity contribution is -0.129. The summed E-state index contributed by atoms with van der Waals surface area (Å²) < 4.78 is 0. The third-order valence-electron chi connectivity index (χ3n) is 1.80. The first-order chi connectivity index (χ1) is 6.04. The molecule has 0 bridgehead atoms. The lowest BCUT2D eigenvalue weighted by Crippen LogP contribution is -2.33. The van der Waals surface area contributed by atoms with Crippen molar-refractivity contribution < 1.29 is 9.59 Å². The van der Waals surface area contributed by atoms with Gasteiger partial charge in [-0.15, -0.1) is 0 Å². The standard InChI is InChI=1S/C7H13NO.C3H6O/c1-7(9)8-5-3-2-4-6-8;1-3(2)4/h2-6H2,1H3;1-2H3. The third kappa shape index (κ3) is 7.50. The van der Waals surface area contributed by atoms with Crippen LogP contribution in [0.25, 0.3) is 0 Å². The van der Waals surface area contributed by atoms with Crippen LogP contribution >= 0.6 is 0 Å². The minimum atomic E-state index is 0.167. The van der Waals surface area contributed by atoms with Gasteiger partial charge in [0.1, 0.15) is 5.78 Å². The van der Waals surface area contributed by atoms with Gasteiger partial charge in [-0.3, -0.25) is 4.79 Å². The predicted molar refractivity (Wildman–Crippen MR) is 52.5 cm³/mol. The van der Waals surface area contributed by atoms with Crippen LogP contribution in [0, 0.1) is 0 Å². The molecule has 0 aromatic rings. The summed E-state index contributed by atoms with van der Waals surface area (Å²) in [5.41, 5.74) is 0. The summed E-state index contributed by atoms with van der Waals surface area (Å²) in [4.78, 5) is 22.1. The van der Waals surface area contributed by atoms with Gasteiger partial charge in [0.15, 0.2) is 0 Å². The number of ketones is 1. The van der Waals surface area contributed by atoms with Crippen molar-refractivity contribution >= 4 is 11.7 Å². The van der Waals surface area contributed by atoms with Crippen molar-refractivity contribution in [3.05, 3.63) is 0 Å². The van der Waals surface area contributed by atoms with Crippen LogP contribution in [0.4, 0.5) is 0 Å². The maximum Gasteiger partial charge on any atom is 0.219 e. The van der Waals surface area contributed by atoms with E-state index in [1.54, 1.807) is 6.92 Å². The molecule has 1 aliphatic rings. The number of carbonyl (C=O) groups excluding carboxylic acids is 2. The van der Waals surface area contributed by atoms with Crippen molar-refractivity contribution in [2.75, 3.05) is 13.1 Å². The molecule has 0 aromatic heterocycles. The normalized spacial score (nSPS) is 15.8. The molecule has 3 heteroatoms. The van der Waals surface area contributed by atoms with Crippen LogP contribution in [-0.2, 0) is 9.59 Å². The number of nitrogens with zero attached hydrogens (tertiary/aromatic N) is 1. The van der Waals surface area contributed by atoms with Gasteiger partial charge in [0.05, 0.1) is 0 Å². The number of hydrogen-bond donors (Lipinski definition) is 0. The minimum absolute atomic E-state index is 0.167. The van der Waals surface area contributed by atoms with Gasteiger partial charge in [-0.25, -0.2) is 0 Å². The van der Waals surface area contributed by atoms with E-state index >= 15 is 0 Å². The number of hydrogen-bond acceptors (Lipinski definition) is 2. The summed E-state index contributed by atoms with van der Waals surface area (Å²) in [5, 5.41) is 0. The fourth-order valence-electron chi connectivity index (χ4n) is 1.21. The van der Waals surface area contributed by atoms with Gasteiger partial charge in [0, 0.05) is 20.0 Å². The molecule has 0 aliphatic carbocycles. The molecule has 1 aliphatic heterocycles. The molecule has 3 nitrogen and oxygen atoms in total. The second-order valence-electron chi connectivity index (χ2n) is 3.47. The topological polar surface area (TPSA) is 37.4 Å². The largest absolute Gasteiger partial charge is 0.343 e. The molecular weight excluding hydrogens is 166 g/mol. The lowest BCUT2D eigenvalue weighted by Gasteiger charge is -2.24. The average molecular weight is 185 g/mol. The SMILES string of the molecule is CC(=O)N1CCCCC1.CC(C)=O. The third-order valence-corrected chi connectivity index (χ3v) is 1.80. The van der Waals surface area contributed by atoms with Crippen LogP contribution in [0.3, 0.4) is 0 Å². The number of piperidine rings is 1. The van der Waals surface area contributed by atoms with Crippen molar-refractivity contribution in [2.24, 2.45) is 0 Å². The zero-order valence-electron chi connectivity index (χ0n) is 8.80. The van der Waals surface area contributed by atoms with Gasteiger partial charge in [-0.2, -0.15) is 0 Å².